The van der Waals surface area contributed by atoms with Crippen molar-refractivity contribution in [3.63, 3.8) is 0 Å². The van der Waals surface area contributed by atoms with Crippen LogP contribution in [0.4, 0.5) is 0 Å². The van der Waals surface area contributed by atoms with E-state index >= 15 is 0 Å². The van der Waals surface area contributed by atoms with Gasteiger partial charge in [-0.1, -0.05) is 57.0 Å². The maximum Gasteiger partial charge on any atom is 0.220 e. The number of hydrogen-bond donors (Lipinski definition) is 2. The molecule has 2 N–H and O–H groups in total. The SMILES string of the molecule is CCC(CC)C(NC(=O)CCC1CCNC1)c1ccccc1.Cl. The average Bonchev–Trinajstić information content (AvgIpc) is 3.07. The highest BCUT2D eigenvalue weighted by molar-refractivity contribution is 5.85. The second-order valence-electron chi connectivity index (χ2n) is 6.43. The number of carbonyl (C=O) groups is 1. The van der Waals surface area contributed by atoms with E-state index in [-0.39, 0.29) is 24.4 Å². The molecule has 2 rings (SSSR count). The Morgan fingerprint density at radius 3 is 2.52 bits per heavy atom. The van der Waals surface area contributed by atoms with E-state index in [1.165, 1.54) is 12.0 Å². The Hall–Kier alpha value is -1.06. The molecule has 23 heavy (non-hydrogen) atoms. The first-order chi connectivity index (χ1) is 10.7. The van der Waals surface area contributed by atoms with Gasteiger partial charge >= 0.3 is 0 Å². The van der Waals surface area contributed by atoms with Crippen LogP contribution in [0.15, 0.2) is 30.3 Å². The Morgan fingerprint density at radius 1 is 1.26 bits per heavy atom. The predicted octanol–water partition coefficient (Wildman–Crippen LogP) is 4.09. The highest BCUT2D eigenvalue weighted by Crippen LogP contribution is 2.27. The lowest BCUT2D eigenvalue weighted by molar-refractivity contribution is -0.122. The molecule has 0 aromatic heterocycles. The van der Waals surface area contributed by atoms with Crippen molar-refractivity contribution in [2.45, 2.75) is 52.0 Å². The van der Waals surface area contributed by atoms with Crippen molar-refractivity contribution in [3.05, 3.63) is 35.9 Å². The number of nitrogens with one attached hydrogen (secondary N) is 2. The van der Waals surface area contributed by atoms with Gasteiger partial charge in [-0.15, -0.1) is 12.4 Å². The van der Waals surface area contributed by atoms with Crippen LogP contribution < -0.4 is 10.6 Å². The van der Waals surface area contributed by atoms with Crippen molar-refractivity contribution < 1.29 is 4.79 Å². The molecule has 1 aliphatic rings. The van der Waals surface area contributed by atoms with E-state index in [9.17, 15) is 4.79 Å². The Bertz CT molecular complexity index is 442. The summed E-state index contributed by atoms with van der Waals surface area (Å²) >= 11 is 0. The summed E-state index contributed by atoms with van der Waals surface area (Å²) in [5, 5.41) is 6.67. The smallest absolute Gasteiger partial charge is 0.220 e. The molecule has 1 aromatic rings. The van der Waals surface area contributed by atoms with Crippen LogP contribution in [-0.4, -0.2) is 19.0 Å². The number of amides is 1. The quantitative estimate of drug-likeness (QED) is 0.749. The molecule has 130 valence electrons. The molecule has 0 saturated carbocycles. The molecule has 1 fully saturated rings. The summed E-state index contributed by atoms with van der Waals surface area (Å²) in [6, 6.07) is 10.5. The average molecular weight is 339 g/mol. The zero-order chi connectivity index (χ0) is 15.8. The van der Waals surface area contributed by atoms with Gasteiger partial charge in [0.05, 0.1) is 6.04 Å². The summed E-state index contributed by atoms with van der Waals surface area (Å²) in [6.07, 6.45) is 5.03. The molecule has 2 atom stereocenters. The first-order valence-electron chi connectivity index (χ1n) is 8.79. The third kappa shape index (κ3) is 6.15. The topological polar surface area (TPSA) is 41.1 Å². The fourth-order valence-corrected chi connectivity index (χ4v) is 3.44. The minimum atomic E-state index is 0. The maximum absolute atomic E-state index is 12.4. The van der Waals surface area contributed by atoms with Crippen molar-refractivity contribution in [2.24, 2.45) is 11.8 Å². The molecular weight excluding hydrogens is 308 g/mol. The Labute approximate surface area is 147 Å². The van der Waals surface area contributed by atoms with Crippen LogP contribution in [0, 0.1) is 11.8 Å². The molecule has 3 nitrogen and oxygen atoms in total. The van der Waals surface area contributed by atoms with Crippen LogP contribution in [0.1, 0.15) is 57.6 Å². The summed E-state index contributed by atoms with van der Waals surface area (Å²) in [7, 11) is 0. The minimum Gasteiger partial charge on any atom is -0.349 e. The van der Waals surface area contributed by atoms with Crippen molar-refractivity contribution in [1.82, 2.24) is 10.6 Å². The van der Waals surface area contributed by atoms with E-state index in [4.69, 9.17) is 0 Å². The largest absolute Gasteiger partial charge is 0.349 e. The third-order valence-corrected chi connectivity index (χ3v) is 4.94. The Morgan fingerprint density at radius 2 is 1.96 bits per heavy atom. The highest BCUT2D eigenvalue weighted by atomic mass is 35.5. The summed E-state index contributed by atoms with van der Waals surface area (Å²) < 4.78 is 0. The Balaban J connectivity index is 0.00000264. The van der Waals surface area contributed by atoms with Crippen molar-refractivity contribution in [1.29, 1.82) is 0 Å². The lowest BCUT2D eigenvalue weighted by Gasteiger charge is -2.27. The Kier molecular flexibility index (Phi) is 9.27. The van der Waals surface area contributed by atoms with Crippen LogP contribution in [0.2, 0.25) is 0 Å². The summed E-state index contributed by atoms with van der Waals surface area (Å²) in [5.41, 5.74) is 1.23. The van der Waals surface area contributed by atoms with Crippen LogP contribution in [-0.2, 0) is 4.79 Å². The van der Waals surface area contributed by atoms with Gasteiger partial charge in [-0.25, -0.2) is 0 Å². The molecule has 1 aliphatic heterocycles. The van der Waals surface area contributed by atoms with E-state index < -0.39 is 0 Å². The lowest BCUT2D eigenvalue weighted by atomic mass is 9.88. The number of halogens is 1. The molecule has 1 amide bonds. The first-order valence-corrected chi connectivity index (χ1v) is 8.79. The fourth-order valence-electron chi connectivity index (χ4n) is 3.44. The van der Waals surface area contributed by atoms with Crippen molar-refractivity contribution >= 4 is 18.3 Å². The zero-order valence-electron chi connectivity index (χ0n) is 14.4. The van der Waals surface area contributed by atoms with E-state index in [0.29, 0.717) is 18.3 Å². The first kappa shape index (κ1) is 20.0. The molecule has 0 aliphatic carbocycles. The number of rotatable bonds is 8. The molecule has 4 heteroatoms. The molecule has 1 heterocycles. The molecule has 1 saturated heterocycles. The summed E-state index contributed by atoms with van der Waals surface area (Å²) in [6.45, 7) is 6.59. The van der Waals surface area contributed by atoms with Gasteiger partial charge in [-0.3, -0.25) is 4.79 Å². The lowest BCUT2D eigenvalue weighted by Crippen LogP contribution is -2.33. The number of benzene rings is 1. The van der Waals surface area contributed by atoms with Gasteiger partial charge in [-0.2, -0.15) is 0 Å². The molecule has 0 spiro atoms. The number of carbonyl (C=O) groups excluding carboxylic acids is 1. The van der Waals surface area contributed by atoms with E-state index in [0.717, 1.165) is 32.4 Å². The molecule has 1 aromatic carbocycles. The standard InChI is InChI=1S/C19H30N2O.ClH/c1-3-16(4-2)19(17-8-6-5-7-9-17)21-18(22)11-10-15-12-13-20-14-15;/h5-9,15-16,19-20H,3-4,10-14H2,1-2H3,(H,21,22);1H. The van der Waals surface area contributed by atoms with Crippen molar-refractivity contribution in [3.8, 4) is 0 Å². The molecule has 2 unspecified atom stereocenters. The summed E-state index contributed by atoms with van der Waals surface area (Å²) in [4.78, 5) is 12.4. The van der Waals surface area contributed by atoms with Gasteiger partial charge in [0.25, 0.3) is 0 Å². The monoisotopic (exact) mass is 338 g/mol. The van der Waals surface area contributed by atoms with Crippen LogP contribution in [0.3, 0.4) is 0 Å². The van der Waals surface area contributed by atoms with Gasteiger partial charge in [0.15, 0.2) is 0 Å². The minimum absolute atomic E-state index is 0. The second kappa shape index (κ2) is 10.7. The predicted molar refractivity (Wildman–Crippen MR) is 98.9 cm³/mol. The van der Waals surface area contributed by atoms with Crippen LogP contribution in [0.5, 0.6) is 0 Å². The second-order valence-corrected chi connectivity index (χ2v) is 6.43. The van der Waals surface area contributed by atoms with Gasteiger partial charge in [0.2, 0.25) is 5.91 Å². The van der Waals surface area contributed by atoms with Crippen molar-refractivity contribution in [2.75, 3.05) is 13.1 Å². The maximum atomic E-state index is 12.4. The number of hydrogen-bond acceptors (Lipinski definition) is 2. The fraction of sp³-hybridized carbons (Fsp3) is 0.632. The van der Waals surface area contributed by atoms with Crippen LogP contribution >= 0.6 is 12.4 Å². The van der Waals surface area contributed by atoms with Crippen LogP contribution in [0.25, 0.3) is 0 Å². The van der Waals surface area contributed by atoms with E-state index in [1.807, 2.05) is 6.07 Å². The van der Waals surface area contributed by atoms with Gasteiger partial charge in [0, 0.05) is 6.42 Å². The summed E-state index contributed by atoms with van der Waals surface area (Å²) in [5.74, 6) is 1.38. The van der Waals surface area contributed by atoms with Gasteiger partial charge < -0.3 is 10.6 Å². The molecule has 0 bridgehead atoms. The highest BCUT2D eigenvalue weighted by Gasteiger charge is 2.23. The molecule has 0 radical (unpaired) electrons. The van der Waals surface area contributed by atoms with E-state index in [2.05, 4.69) is 48.7 Å². The van der Waals surface area contributed by atoms with Gasteiger partial charge in [0.1, 0.15) is 0 Å². The third-order valence-electron chi connectivity index (χ3n) is 4.94. The normalized spacial score (nSPS) is 18.5. The van der Waals surface area contributed by atoms with Gasteiger partial charge in [-0.05, 0) is 43.3 Å². The zero-order valence-corrected chi connectivity index (χ0v) is 15.2. The molecular formula is C19H31ClN2O. The van der Waals surface area contributed by atoms with E-state index in [1.54, 1.807) is 0 Å².